The molecule has 0 saturated heterocycles. The number of anilines is 2. The molecule has 0 spiro atoms. The summed E-state index contributed by atoms with van der Waals surface area (Å²) in [6.45, 7) is 3.60. The van der Waals surface area contributed by atoms with Crippen molar-refractivity contribution in [3.8, 4) is 0 Å². The molecule has 1 N–H and O–H groups in total. The largest absolute Gasteiger partial charge is 0.361 e. The molecule has 1 aromatic heterocycles. The lowest BCUT2D eigenvalue weighted by Gasteiger charge is -2.29. The van der Waals surface area contributed by atoms with Crippen LogP contribution in [0, 0.1) is 6.92 Å². The number of rotatable bonds is 2. The molecule has 0 atom stereocenters. The smallest absolute Gasteiger partial charge is 0.264 e. The van der Waals surface area contributed by atoms with Crippen molar-refractivity contribution in [2.24, 2.45) is 0 Å². The van der Waals surface area contributed by atoms with Crippen LogP contribution in [-0.4, -0.2) is 23.5 Å². The van der Waals surface area contributed by atoms with Crippen molar-refractivity contribution in [1.29, 1.82) is 0 Å². The second kappa shape index (κ2) is 5.05. The molecule has 6 nitrogen and oxygen atoms in total. The van der Waals surface area contributed by atoms with E-state index in [1.54, 1.807) is 19.1 Å². The summed E-state index contributed by atoms with van der Waals surface area (Å²) in [5, 5.41) is 6.66. The molecule has 1 aromatic carbocycles. The van der Waals surface area contributed by atoms with E-state index in [0.29, 0.717) is 34.8 Å². The van der Waals surface area contributed by atoms with Crippen LogP contribution in [0.15, 0.2) is 28.8 Å². The molecule has 3 rings (SSSR count). The van der Waals surface area contributed by atoms with Crippen LogP contribution in [0.4, 0.5) is 11.4 Å². The van der Waals surface area contributed by atoms with Crippen LogP contribution in [0.3, 0.4) is 0 Å². The summed E-state index contributed by atoms with van der Waals surface area (Å²) in [5.74, 6) is 0.00224. The van der Waals surface area contributed by atoms with Crippen molar-refractivity contribution >= 4 is 23.2 Å². The van der Waals surface area contributed by atoms with Crippen LogP contribution < -0.4 is 10.2 Å². The molecule has 6 heteroatoms. The van der Waals surface area contributed by atoms with Gasteiger partial charge in [0.1, 0.15) is 17.9 Å². The quantitative estimate of drug-likeness (QED) is 0.917. The fourth-order valence-electron chi connectivity index (χ4n) is 2.48. The molecule has 0 aliphatic carbocycles. The number of amides is 2. The van der Waals surface area contributed by atoms with Gasteiger partial charge in [-0.05, 0) is 25.5 Å². The number of nitrogens with one attached hydrogen (secondary N) is 1. The number of hydrogen-bond acceptors (Lipinski definition) is 4. The van der Waals surface area contributed by atoms with E-state index < -0.39 is 0 Å². The summed E-state index contributed by atoms with van der Waals surface area (Å²) >= 11 is 0. The van der Waals surface area contributed by atoms with Crippen molar-refractivity contribution in [3.63, 3.8) is 0 Å². The second-order valence-corrected chi connectivity index (χ2v) is 4.87. The molecular weight excluding hydrogens is 270 g/mol. The molecule has 2 amide bonds. The Morgan fingerprint density at radius 2 is 2.19 bits per heavy atom. The van der Waals surface area contributed by atoms with Gasteiger partial charge in [-0.3, -0.25) is 14.5 Å². The monoisotopic (exact) mass is 285 g/mol. The number of aryl methyl sites for hydroxylation is 2. The maximum absolute atomic E-state index is 12.8. The predicted molar refractivity (Wildman–Crippen MR) is 77.4 cm³/mol. The normalized spacial score (nSPS) is 13.8. The number of carbonyl (C=O) groups excluding carboxylic acids is 2. The zero-order valence-electron chi connectivity index (χ0n) is 11.8. The summed E-state index contributed by atoms with van der Waals surface area (Å²) in [5.41, 5.74) is 2.38. The molecule has 2 heterocycles. The predicted octanol–water partition coefficient (Wildman–Crippen LogP) is 2.14. The lowest BCUT2D eigenvalue weighted by molar-refractivity contribution is -0.115. The average Bonchev–Trinajstić information content (AvgIpc) is 2.86. The maximum atomic E-state index is 12.8. The minimum absolute atomic E-state index is 0.0103. The number of hydrogen-bond donors (Lipinski definition) is 1. The van der Waals surface area contributed by atoms with Crippen LogP contribution in [0.1, 0.15) is 28.7 Å². The van der Waals surface area contributed by atoms with Crippen LogP contribution in [-0.2, 0) is 11.2 Å². The van der Waals surface area contributed by atoms with Gasteiger partial charge in [0.25, 0.3) is 5.91 Å². The Kier molecular flexibility index (Phi) is 3.21. The molecule has 0 radical (unpaired) electrons. The SMILES string of the molecule is CCc1noc(C)c1C(=O)N1CC(=O)Nc2ccccc21. The number of para-hydroxylation sites is 2. The molecule has 2 aromatic rings. The molecule has 21 heavy (non-hydrogen) atoms. The van der Waals surface area contributed by atoms with Crippen molar-refractivity contribution in [2.75, 3.05) is 16.8 Å². The van der Waals surface area contributed by atoms with E-state index in [4.69, 9.17) is 4.52 Å². The molecule has 1 aliphatic heterocycles. The van der Waals surface area contributed by atoms with E-state index in [2.05, 4.69) is 10.5 Å². The molecule has 108 valence electrons. The fourth-order valence-corrected chi connectivity index (χ4v) is 2.48. The first-order valence-electron chi connectivity index (χ1n) is 6.77. The van der Waals surface area contributed by atoms with Crippen molar-refractivity contribution in [2.45, 2.75) is 20.3 Å². The Bertz CT molecular complexity index is 721. The zero-order valence-corrected chi connectivity index (χ0v) is 11.8. The van der Waals surface area contributed by atoms with Gasteiger partial charge in [0.15, 0.2) is 0 Å². The lowest BCUT2D eigenvalue weighted by atomic mass is 10.1. The van der Waals surface area contributed by atoms with Gasteiger partial charge in [0.05, 0.1) is 17.1 Å². The molecule has 1 aliphatic rings. The first-order chi connectivity index (χ1) is 10.1. The minimum Gasteiger partial charge on any atom is -0.361 e. The molecular formula is C15H15N3O3. The molecule has 0 bridgehead atoms. The van der Waals surface area contributed by atoms with Crippen LogP contribution in [0.2, 0.25) is 0 Å². The highest BCUT2D eigenvalue weighted by Crippen LogP contribution is 2.31. The Hall–Kier alpha value is -2.63. The number of fused-ring (bicyclic) bond motifs is 1. The van der Waals surface area contributed by atoms with E-state index in [9.17, 15) is 9.59 Å². The van der Waals surface area contributed by atoms with E-state index in [1.807, 2.05) is 19.1 Å². The van der Waals surface area contributed by atoms with E-state index in [1.165, 1.54) is 4.90 Å². The van der Waals surface area contributed by atoms with Crippen LogP contribution >= 0.6 is 0 Å². The number of nitrogens with zero attached hydrogens (tertiary/aromatic N) is 2. The summed E-state index contributed by atoms with van der Waals surface area (Å²) in [7, 11) is 0. The number of benzene rings is 1. The third-order valence-corrected chi connectivity index (χ3v) is 3.50. The zero-order chi connectivity index (χ0) is 15.0. The number of carbonyl (C=O) groups is 2. The van der Waals surface area contributed by atoms with Crippen LogP contribution in [0.25, 0.3) is 0 Å². The highest BCUT2D eigenvalue weighted by Gasteiger charge is 2.31. The highest BCUT2D eigenvalue weighted by molar-refractivity contribution is 6.15. The highest BCUT2D eigenvalue weighted by atomic mass is 16.5. The number of aromatic nitrogens is 1. The van der Waals surface area contributed by atoms with Gasteiger partial charge in [-0.1, -0.05) is 24.2 Å². The van der Waals surface area contributed by atoms with Gasteiger partial charge < -0.3 is 9.84 Å². The second-order valence-electron chi connectivity index (χ2n) is 4.87. The molecule has 0 saturated carbocycles. The van der Waals surface area contributed by atoms with Crippen LogP contribution in [0.5, 0.6) is 0 Å². The van der Waals surface area contributed by atoms with Gasteiger partial charge in [0, 0.05) is 0 Å². The first kappa shape index (κ1) is 13.4. The third kappa shape index (κ3) is 2.18. The summed E-state index contributed by atoms with van der Waals surface area (Å²) < 4.78 is 5.12. The van der Waals surface area contributed by atoms with Gasteiger partial charge in [-0.2, -0.15) is 0 Å². The van der Waals surface area contributed by atoms with Gasteiger partial charge in [-0.25, -0.2) is 0 Å². The van der Waals surface area contributed by atoms with E-state index in [-0.39, 0.29) is 18.4 Å². The van der Waals surface area contributed by atoms with Crippen molar-refractivity contribution < 1.29 is 14.1 Å². The Morgan fingerprint density at radius 3 is 2.95 bits per heavy atom. The van der Waals surface area contributed by atoms with Gasteiger partial charge in [-0.15, -0.1) is 0 Å². The maximum Gasteiger partial charge on any atom is 0.264 e. The standard InChI is InChI=1S/C15H15N3O3/c1-3-10-14(9(2)21-17-10)15(20)18-8-13(19)16-11-6-4-5-7-12(11)18/h4-7H,3,8H2,1-2H3,(H,16,19). The van der Waals surface area contributed by atoms with E-state index in [0.717, 1.165) is 0 Å². The molecule has 0 fully saturated rings. The van der Waals surface area contributed by atoms with Crippen molar-refractivity contribution in [1.82, 2.24) is 5.16 Å². The summed E-state index contributed by atoms with van der Waals surface area (Å²) in [6.07, 6.45) is 0.597. The third-order valence-electron chi connectivity index (χ3n) is 3.50. The lowest BCUT2D eigenvalue weighted by Crippen LogP contribution is -2.42. The van der Waals surface area contributed by atoms with E-state index >= 15 is 0 Å². The van der Waals surface area contributed by atoms with Crippen molar-refractivity contribution in [3.05, 3.63) is 41.3 Å². The fraction of sp³-hybridized carbons (Fsp3) is 0.267. The Labute approximate surface area is 121 Å². The topological polar surface area (TPSA) is 75.4 Å². The van der Waals surface area contributed by atoms with Gasteiger partial charge >= 0.3 is 0 Å². The summed E-state index contributed by atoms with van der Waals surface area (Å²) in [6, 6.07) is 7.22. The van der Waals surface area contributed by atoms with Gasteiger partial charge in [0.2, 0.25) is 5.91 Å². The molecule has 0 unspecified atom stereocenters. The summed E-state index contributed by atoms with van der Waals surface area (Å²) in [4.78, 5) is 26.1. The Morgan fingerprint density at radius 1 is 1.43 bits per heavy atom. The minimum atomic E-state index is -0.257. The Balaban J connectivity index is 2.06. The first-order valence-corrected chi connectivity index (χ1v) is 6.77. The average molecular weight is 285 g/mol.